The predicted molar refractivity (Wildman–Crippen MR) is 127 cm³/mol. The molecular formula is C29H31NO. The topological polar surface area (TPSA) is 20.3 Å². The number of fused-ring (bicyclic) bond motifs is 1. The largest absolute Gasteiger partial charge is 0.302 e. The van der Waals surface area contributed by atoms with Crippen LogP contribution in [0.5, 0.6) is 0 Å². The minimum atomic E-state index is -0.277. The van der Waals surface area contributed by atoms with Gasteiger partial charge in [-0.15, -0.1) is 0 Å². The molecule has 2 heteroatoms. The van der Waals surface area contributed by atoms with Crippen molar-refractivity contribution >= 4 is 5.78 Å². The molecule has 2 nitrogen and oxygen atoms in total. The molecule has 0 saturated carbocycles. The highest BCUT2D eigenvalue weighted by molar-refractivity contribution is 6.03. The number of hydrogen-bond donors (Lipinski definition) is 0. The monoisotopic (exact) mass is 409 g/mol. The number of likely N-dealkylation sites (tertiary alicyclic amines) is 1. The maximum atomic E-state index is 13.5. The highest BCUT2D eigenvalue weighted by atomic mass is 16.1. The molecule has 1 heterocycles. The normalized spacial score (nSPS) is 22.3. The van der Waals surface area contributed by atoms with Gasteiger partial charge in [-0.2, -0.15) is 0 Å². The molecule has 1 unspecified atom stereocenters. The lowest BCUT2D eigenvalue weighted by atomic mass is 9.70. The Morgan fingerprint density at radius 1 is 0.871 bits per heavy atom. The fraction of sp³-hybridized carbons (Fsp3) is 0.345. The van der Waals surface area contributed by atoms with Crippen molar-refractivity contribution < 1.29 is 4.79 Å². The van der Waals surface area contributed by atoms with Crippen LogP contribution in [-0.2, 0) is 6.42 Å². The molecule has 0 amide bonds. The van der Waals surface area contributed by atoms with Crippen molar-refractivity contribution in [2.75, 3.05) is 19.6 Å². The van der Waals surface area contributed by atoms with Gasteiger partial charge in [0.1, 0.15) is 0 Å². The van der Waals surface area contributed by atoms with Gasteiger partial charge in [-0.25, -0.2) is 0 Å². The number of rotatable bonds is 4. The SMILES string of the molecule is CC1(CN2CCC(c3ccccc3)CC2)CCc2cc(-c3ccccc3)ccc2C1=O. The van der Waals surface area contributed by atoms with Gasteiger partial charge in [-0.3, -0.25) is 4.79 Å². The first-order chi connectivity index (χ1) is 15.1. The molecule has 0 aromatic heterocycles. The quantitative estimate of drug-likeness (QED) is 0.499. The second kappa shape index (κ2) is 8.43. The molecule has 0 spiro atoms. The number of carbonyl (C=O) groups is 1. The van der Waals surface area contributed by atoms with E-state index in [0.29, 0.717) is 11.7 Å². The van der Waals surface area contributed by atoms with Crippen molar-refractivity contribution in [3.05, 3.63) is 95.6 Å². The fourth-order valence-electron chi connectivity index (χ4n) is 5.48. The van der Waals surface area contributed by atoms with Crippen LogP contribution in [0.2, 0.25) is 0 Å². The van der Waals surface area contributed by atoms with Gasteiger partial charge in [0.15, 0.2) is 5.78 Å². The molecule has 3 aromatic carbocycles. The molecule has 158 valence electrons. The molecule has 5 rings (SSSR count). The summed E-state index contributed by atoms with van der Waals surface area (Å²) in [5.41, 5.74) is 5.76. The Hall–Kier alpha value is -2.71. The summed E-state index contributed by atoms with van der Waals surface area (Å²) < 4.78 is 0. The molecule has 1 atom stereocenters. The Morgan fingerprint density at radius 2 is 1.55 bits per heavy atom. The van der Waals surface area contributed by atoms with Crippen molar-refractivity contribution in [1.29, 1.82) is 0 Å². The Kier molecular flexibility index (Phi) is 5.50. The molecule has 0 radical (unpaired) electrons. The van der Waals surface area contributed by atoms with Crippen molar-refractivity contribution in [2.24, 2.45) is 5.41 Å². The Balaban J connectivity index is 1.27. The zero-order chi connectivity index (χ0) is 21.3. The number of nitrogens with zero attached hydrogens (tertiary/aromatic N) is 1. The smallest absolute Gasteiger partial charge is 0.170 e. The third-order valence-electron chi connectivity index (χ3n) is 7.38. The van der Waals surface area contributed by atoms with Crippen LogP contribution in [0.25, 0.3) is 11.1 Å². The maximum absolute atomic E-state index is 13.5. The van der Waals surface area contributed by atoms with Gasteiger partial charge in [0.05, 0.1) is 0 Å². The molecule has 1 saturated heterocycles. The number of aryl methyl sites for hydroxylation is 1. The first-order valence-electron chi connectivity index (χ1n) is 11.6. The third kappa shape index (κ3) is 4.09. The van der Waals surface area contributed by atoms with E-state index in [1.165, 1.54) is 35.1 Å². The van der Waals surface area contributed by atoms with E-state index in [9.17, 15) is 4.79 Å². The van der Waals surface area contributed by atoms with Crippen LogP contribution in [0.1, 0.15) is 53.6 Å². The van der Waals surface area contributed by atoms with E-state index < -0.39 is 0 Å². The van der Waals surface area contributed by atoms with Crippen LogP contribution in [0, 0.1) is 5.41 Å². The van der Waals surface area contributed by atoms with Gasteiger partial charge in [0.2, 0.25) is 0 Å². The molecular weight excluding hydrogens is 378 g/mol. The average Bonchev–Trinajstić information content (AvgIpc) is 2.83. The molecule has 1 aliphatic carbocycles. The number of carbonyl (C=O) groups excluding carboxylic acids is 1. The van der Waals surface area contributed by atoms with Crippen LogP contribution >= 0.6 is 0 Å². The second-order valence-corrected chi connectivity index (χ2v) is 9.59. The molecule has 1 fully saturated rings. The average molecular weight is 410 g/mol. The predicted octanol–water partition coefficient (Wildman–Crippen LogP) is 6.37. The van der Waals surface area contributed by atoms with E-state index in [1.54, 1.807) is 0 Å². The molecule has 31 heavy (non-hydrogen) atoms. The van der Waals surface area contributed by atoms with Crippen LogP contribution in [-0.4, -0.2) is 30.3 Å². The Bertz CT molecular complexity index is 1050. The molecule has 3 aromatic rings. The van der Waals surface area contributed by atoms with Gasteiger partial charge in [-0.1, -0.05) is 85.8 Å². The summed E-state index contributed by atoms with van der Waals surface area (Å²) in [4.78, 5) is 16.0. The fourth-order valence-corrected chi connectivity index (χ4v) is 5.48. The van der Waals surface area contributed by atoms with E-state index in [1.807, 2.05) is 6.07 Å². The van der Waals surface area contributed by atoms with Crippen LogP contribution < -0.4 is 0 Å². The van der Waals surface area contributed by atoms with E-state index in [4.69, 9.17) is 0 Å². The maximum Gasteiger partial charge on any atom is 0.170 e. The standard InChI is InChI=1S/C29H31NO/c1-29(21-30-18-15-24(16-19-30)22-8-4-2-5-9-22)17-14-26-20-25(12-13-27(26)28(29)31)23-10-6-3-7-11-23/h2-13,20,24H,14-19,21H2,1H3. The van der Waals surface area contributed by atoms with Crippen molar-refractivity contribution in [2.45, 2.75) is 38.5 Å². The molecule has 1 aliphatic heterocycles. The number of ketones is 1. The lowest BCUT2D eigenvalue weighted by Crippen LogP contribution is -2.46. The third-order valence-corrected chi connectivity index (χ3v) is 7.38. The number of hydrogen-bond acceptors (Lipinski definition) is 2. The Morgan fingerprint density at radius 3 is 2.26 bits per heavy atom. The van der Waals surface area contributed by atoms with Gasteiger partial charge in [0.25, 0.3) is 0 Å². The van der Waals surface area contributed by atoms with Crippen molar-refractivity contribution in [3.8, 4) is 11.1 Å². The van der Waals surface area contributed by atoms with Gasteiger partial charge >= 0.3 is 0 Å². The Labute approximate surface area is 185 Å². The first-order valence-corrected chi connectivity index (χ1v) is 11.6. The summed E-state index contributed by atoms with van der Waals surface area (Å²) in [6, 6.07) is 27.7. The lowest BCUT2D eigenvalue weighted by molar-refractivity contribution is 0.0658. The van der Waals surface area contributed by atoms with E-state index in [-0.39, 0.29) is 5.41 Å². The summed E-state index contributed by atoms with van der Waals surface area (Å²) in [7, 11) is 0. The minimum Gasteiger partial charge on any atom is -0.302 e. The van der Waals surface area contributed by atoms with Crippen LogP contribution in [0.4, 0.5) is 0 Å². The van der Waals surface area contributed by atoms with Gasteiger partial charge in [-0.05, 0) is 66.9 Å². The van der Waals surface area contributed by atoms with E-state index in [0.717, 1.165) is 38.0 Å². The van der Waals surface area contributed by atoms with E-state index in [2.05, 4.69) is 84.6 Å². The van der Waals surface area contributed by atoms with Crippen molar-refractivity contribution in [3.63, 3.8) is 0 Å². The van der Waals surface area contributed by atoms with Crippen LogP contribution in [0.15, 0.2) is 78.9 Å². The molecule has 0 bridgehead atoms. The summed E-state index contributed by atoms with van der Waals surface area (Å²) in [6.45, 7) is 5.24. The zero-order valence-corrected chi connectivity index (χ0v) is 18.4. The first kappa shape index (κ1) is 20.2. The summed E-state index contributed by atoms with van der Waals surface area (Å²) >= 11 is 0. The van der Waals surface area contributed by atoms with Crippen molar-refractivity contribution in [1.82, 2.24) is 4.90 Å². The highest BCUT2D eigenvalue weighted by Crippen LogP contribution is 2.39. The number of benzene rings is 3. The lowest BCUT2D eigenvalue weighted by Gasteiger charge is -2.40. The minimum absolute atomic E-state index is 0.277. The summed E-state index contributed by atoms with van der Waals surface area (Å²) in [5, 5.41) is 0. The molecule has 0 N–H and O–H groups in total. The van der Waals surface area contributed by atoms with Crippen LogP contribution in [0.3, 0.4) is 0 Å². The highest BCUT2D eigenvalue weighted by Gasteiger charge is 2.40. The summed E-state index contributed by atoms with van der Waals surface area (Å²) in [5.74, 6) is 0.989. The summed E-state index contributed by atoms with van der Waals surface area (Å²) in [6.07, 6.45) is 4.30. The number of Topliss-reactive ketones (excluding diaryl/α,β-unsaturated/α-hetero) is 1. The van der Waals surface area contributed by atoms with E-state index >= 15 is 0 Å². The second-order valence-electron chi connectivity index (χ2n) is 9.59. The van der Waals surface area contributed by atoms with Gasteiger partial charge < -0.3 is 4.90 Å². The van der Waals surface area contributed by atoms with Gasteiger partial charge in [0, 0.05) is 17.5 Å². The molecule has 2 aliphatic rings. The zero-order valence-electron chi connectivity index (χ0n) is 18.4. The number of piperidine rings is 1.